The van der Waals surface area contributed by atoms with Crippen LogP contribution in [-0.4, -0.2) is 12.5 Å². The summed E-state index contributed by atoms with van der Waals surface area (Å²) in [6, 6.07) is 8.89. The van der Waals surface area contributed by atoms with Gasteiger partial charge >= 0.3 is 0 Å². The maximum absolute atomic E-state index is 5.52. The molecule has 1 aliphatic carbocycles. The maximum atomic E-state index is 5.52. The lowest BCUT2D eigenvalue weighted by molar-refractivity contribution is 0.298. The molecule has 0 aromatic heterocycles. The molecular formula is C14H19NO. The number of ether oxygens (including phenoxy) is 1. The molecule has 0 heterocycles. The van der Waals surface area contributed by atoms with Crippen LogP contribution in [0.2, 0.25) is 0 Å². The second kappa shape index (κ2) is 5.15. The summed E-state index contributed by atoms with van der Waals surface area (Å²) in [7, 11) is 0. The van der Waals surface area contributed by atoms with Crippen molar-refractivity contribution in [2.75, 3.05) is 6.61 Å². The number of rotatable bonds is 3. The van der Waals surface area contributed by atoms with Crippen LogP contribution in [0.3, 0.4) is 0 Å². The summed E-state index contributed by atoms with van der Waals surface area (Å²) in [6.07, 6.45) is 3.30. The molecule has 1 atom stereocenters. The topological polar surface area (TPSA) is 21.6 Å². The molecule has 86 valence electrons. The summed E-state index contributed by atoms with van der Waals surface area (Å²) in [5.41, 5.74) is 2.82. The molecule has 1 unspecified atom stereocenters. The summed E-state index contributed by atoms with van der Waals surface area (Å²) in [4.78, 5) is 4.65. The Morgan fingerprint density at radius 2 is 2.25 bits per heavy atom. The lowest BCUT2D eigenvalue weighted by atomic mass is 10.1. The van der Waals surface area contributed by atoms with Gasteiger partial charge in [0.2, 0.25) is 0 Å². The van der Waals surface area contributed by atoms with Gasteiger partial charge in [-0.1, -0.05) is 31.2 Å². The fourth-order valence-electron chi connectivity index (χ4n) is 2.18. The average Bonchev–Trinajstić information content (AvgIpc) is 2.70. The second-order valence-electron chi connectivity index (χ2n) is 4.25. The van der Waals surface area contributed by atoms with Crippen LogP contribution in [0.5, 0.6) is 0 Å². The summed E-state index contributed by atoms with van der Waals surface area (Å²) < 4.78 is 5.52. The van der Waals surface area contributed by atoms with Crippen LogP contribution < -0.4 is 0 Å². The van der Waals surface area contributed by atoms with E-state index in [1.807, 2.05) is 6.92 Å². The first-order valence-electron chi connectivity index (χ1n) is 6.06. The predicted molar refractivity (Wildman–Crippen MR) is 66.9 cm³/mol. The number of aryl methyl sites for hydroxylation is 1. The Balaban J connectivity index is 2.07. The number of aliphatic imine (C=N–C) groups is 1. The molecular weight excluding hydrogens is 198 g/mol. The molecule has 2 heteroatoms. The van der Waals surface area contributed by atoms with Gasteiger partial charge in [-0.3, -0.25) is 0 Å². The van der Waals surface area contributed by atoms with Crippen LogP contribution in [0.25, 0.3) is 0 Å². The highest BCUT2D eigenvalue weighted by Crippen LogP contribution is 2.33. The number of hydrogen-bond acceptors (Lipinski definition) is 2. The third kappa shape index (κ3) is 2.43. The standard InChI is InChI=1S/C14H19NO/c1-3-10-16-11(2)15-14-9-8-12-6-4-5-7-13(12)14/h4-7,14H,3,8-10H2,1-2H3. The van der Waals surface area contributed by atoms with E-state index in [4.69, 9.17) is 4.74 Å². The first kappa shape index (κ1) is 11.2. The summed E-state index contributed by atoms with van der Waals surface area (Å²) in [5.74, 6) is 0.823. The van der Waals surface area contributed by atoms with Gasteiger partial charge in [0.15, 0.2) is 5.90 Å². The molecule has 1 aromatic carbocycles. The van der Waals surface area contributed by atoms with E-state index in [9.17, 15) is 0 Å². The van der Waals surface area contributed by atoms with Gasteiger partial charge in [0.05, 0.1) is 12.6 Å². The molecule has 0 N–H and O–H groups in total. The van der Waals surface area contributed by atoms with Gasteiger partial charge in [0, 0.05) is 6.92 Å². The van der Waals surface area contributed by atoms with Crippen molar-refractivity contribution in [2.45, 2.75) is 39.2 Å². The first-order valence-corrected chi connectivity index (χ1v) is 6.06. The second-order valence-corrected chi connectivity index (χ2v) is 4.25. The summed E-state index contributed by atoms with van der Waals surface area (Å²) in [6.45, 7) is 4.83. The highest BCUT2D eigenvalue weighted by atomic mass is 16.5. The number of benzene rings is 1. The average molecular weight is 217 g/mol. The van der Waals surface area contributed by atoms with Crippen molar-refractivity contribution in [2.24, 2.45) is 4.99 Å². The molecule has 0 radical (unpaired) electrons. The van der Waals surface area contributed by atoms with Gasteiger partial charge in [-0.05, 0) is 30.4 Å². The zero-order chi connectivity index (χ0) is 11.4. The molecule has 0 bridgehead atoms. The molecule has 0 fully saturated rings. The van der Waals surface area contributed by atoms with Crippen molar-refractivity contribution in [3.05, 3.63) is 35.4 Å². The van der Waals surface area contributed by atoms with E-state index in [1.54, 1.807) is 0 Å². The molecule has 1 aliphatic rings. The van der Waals surface area contributed by atoms with E-state index in [-0.39, 0.29) is 0 Å². The van der Waals surface area contributed by atoms with Crippen molar-refractivity contribution in [3.8, 4) is 0 Å². The van der Waals surface area contributed by atoms with Crippen molar-refractivity contribution in [1.29, 1.82) is 0 Å². The van der Waals surface area contributed by atoms with Crippen LogP contribution >= 0.6 is 0 Å². The minimum Gasteiger partial charge on any atom is -0.481 e. The lowest BCUT2D eigenvalue weighted by Crippen LogP contribution is -2.03. The Bertz CT molecular complexity index is 384. The van der Waals surface area contributed by atoms with Gasteiger partial charge in [-0.25, -0.2) is 4.99 Å². The Morgan fingerprint density at radius 1 is 1.44 bits per heavy atom. The predicted octanol–water partition coefficient (Wildman–Crippen LogP) is 3.52. The van der Waals surface area contributed by atoms with Crippen LogP contribution in [-0.2, 0) is 11.2 Å². The molecule has 0 saturated carbocycles. The Kier molecular flexibility index (Phi) is 3.60. The number of nitrogens with zero attached hydrogens (tertiary/aromatic N) is 1. The van der Waals surface area contributed by atoms with Gasteiger partial charge in [0.1, 0.15) is 0 Å². The highest BCUT2D eigenvalue weighted by molar-refractivity contribution is 5.73. The van der Waals surface area contributed by atoms with Gasteiger partial charge in [-0.2, -0.15) is 0 Å². The third-order valence-electron chi connectivity index (χ3n) is 2.95. The van der Waals surface area contributed by atoms with Crippen molar-refractivity contribution < 1.29 is 4.74 Å². The molecule has 0 spiro atoms. The van der Waals surface area contributed by atoms with Crippen molar-refractivity contribution in [1.82, 2.24) is 0 Å². The number of fused-ring (bicyclic) bond motifs is 1. The molecule has 2 nitrogen and oxygen atoms in total. The molecule has 0 aliphatic heterocycles. The van der Waals surface area contributed by atoms with E-state index in [1.165, 1.54) is 11.1 Å². The number of hydrogen-bond donors (Lipinski definition) is 0. The van der Waals surface area contributed by atoms with Gasteiger partial charge < -0.3 is 4.74 Å². The zero-order valence-corrected chi connectivity index (χ0v) is 10.1. The van der Waals surface area contributed by atoms with Crippen LogP contribution in [0.1, 0.15) is 43.9 Å². The fraction of sp³-hybridized carbons (Fsp3) is 0.500. The highest BCUT2D eigenvalue weighted by Gasteiger charge is 2.21. The third-order valence-corrected chi connectivity index (χ3v) is 2.95. The monoisotopic (exact) mass is 217 g/mol. The van der Waals surface area contributed by atoms with Crippen molar-refractivity contribution >= 4 is 5.90 Å². The largest absolute Gasteiger partial charge is 0.481 e. The van der Waals surface area contributed by atoms with Crippen LogP contribution in [0.4, 0.5) is 0 Å². The quantitative estimate of drug-likeness (QED) is 0.560. The van der Waals surface area contributed by atoms with E-state index in [0.717, 1.165) is 31.8 Å². The normalized spacial score (nSPS) is 19.6. The first-order chi connectivity index (χ1) is 7.81. The minimum absolute atomic E-state index is 0.313. The minimum atomic E-state index is 0.313. The van der Waals surface area contributed by atoms with Gasteiger partial charge in [0.25, 0.3) is 0 Å². The molecule has 0 amide bonds. The van der Waals surface area contributed by atoms with E-state index >= 15 is 0 Å². The Labute approximate surface area is 97.4 Å². The summed E-state index contributed by atoms with van der Waals surface area (Å²) >= 11 is 0. The molecule has 16 heavy (non-hydrogen) atoms. The molecule has 0 saturated heterocycles. The Morgan fingerprint density at radius 3 is 3.06 bits per heavy atom. The van der Waals surface area contributed by atoms with Crippen LogP contribution in [0.15, 0.2) is 29.3 Å². The van der Waals surface area contributed by atoms with E-state index < -0.39 is 0 Å². The zero-order valence-electron chi connectivity index (χ0n) is 10.1. The molecule has 1 aromatic rings. The Hall–Kier alpha value is -1.31. The molecule has 2 rings (SSSR count). The van der Waals surface area contributed by atoms with E-state index in [0.29, 0.717) is 6.04 Å². The van der Waals surface area contributed by atoms with E-state index in [2.05, 4.69) is 36.2 Å². The maximum Gasteiger partial charge on any atom is 0.180 e. The van der Waals surface area contributed by atoms with Crippen molar-refractivity contribution in [3.63, 3.8) is 0 Å². The lowest BCUT2D eigenvalue weighted by Gasteiger charge is -2.09. The fourth-order valence-corrected chi connectivity index (χ4v) is 2.18. The van der Waals surface area contributed by atoms with Crippen LogP contribution in [0, 0.1) is 0 Å². The summed E-state index contributed by atoms with van der Waals surface area (Å²) in [5, 5.41) is 0. The van der Waals surface area contributed by atoms with Gasteiger partial charge in [-0.15, -0.1) is 0 Å². The SMILES string of the molecule is CCCOC(C)=NC1CCc2ccccc21. The smallest absolute Gasteiger partial charge is 0.180 e.